The molecule has 104 valence electrons. The number of nitrogens with one attached hydrogen (secondary N) is 2. The molecule has 2 N–H and O–H groups in total. The summed E-state index contributed by atoms with van der Waals surface area (Å²) in [5.41, 5.74) is 0. The van der Waals surface area contributed by atoms with Crippen LogP contribution in [-0.2, 0) is 20.9 Å². The van der Waals surface area contributed by atoms with Crippen molar-refractivity contribution < 1.29 is 14.3 Å². The number of hydrogen-bond donors (Lipinski definition) is 2. The largest absolute Gasteiger partial charge is 0.383 e. The van der Waals surface area contributed by atoms with Gasteiger partial charge in [-0.15, -0.1) is 0 Å². The van der Waals surface area contributed by atoms with Gasteiger partial charge in [-0.1, -0.05) is 0 Å². The number of likely N-dealkylation sites (tertiary alicyclic amines) is 1. The van der Waals surface area contributed by atoms with Gasteiger partial charge >= 0.3 is 0 Å². The minimum Gasteiger partial charge on any atom is -0.383 e. The average Bonchev–Trinajstić information content (AvgIpc) is 3.03. The van der Waals surface area contributed by atoms with E-state index >= 15 is 0 Å². The fraction of sp³-hybridized carbons (Fsp3) is 0.583. The summed E-state index contributed by atoms with van der Waals surface area (Å²) in [6.07, 6.45) is 3.60. The topological polar surface area (TPSA) is 87.3 Å². The number of imidazole rings is 1. The molecule has 1 fully saturated rings. The molecule has 1 aromatic rings. The first-order chi connectivity index (χ1) is 9.20. The second-order valence-electron chi connectivity index (χ2n) is 4.49. The van der Waals surface area contributed by atoms with E-state index < -0.39 is 0 Å². The monoisotopic (exact) mass is 266 g/mol. The lowest BCUT2D eigenvalue weighted by Gasteiger charge is -2.15. The van der Waals surface area contributed by atoms with Crippen LogP contribution < -0.4 is 5.32 Å². The Morgan fingerprint density at radius 3 is 3.21 bits per heavy atom. The number of methoxy groups -OCH3 is 1. The normalized spacial score (nSPS) is 18.9. The second-order valence-corrected chi connectivity index (χ2v) is 4.49. The number of H-pyrrole nitrogens is 1. The molecule has 0 aliphatic carbocycles. The first kappa shape index (κ1) is 13.5. The third-order valence-electron chi connectivity index (χ3n) is 3.14. The van der Waals surface area contributed by atoms with Gasteiger partial charge in [-0.25, -0.2) is 4.98 Å². The molecule has 0 aromatic carbocycles. The van der Waals surface area contributed by atoms with Crippen LogP contribution in [0.25, 0.3) is 0 Å². The van der Waals surface area contributed by atoms with Crippen LogP contribution in [0.5, 0.6) is 0 Å². The Morgan fingerprint density at radius 1 is 1.68 bits per heavy atom. The summed E-state index contributed by atoms with van der Waals surface area (Å²) in [5, 5.41) is 2.78. The highest BCUT2D eigenvalue weighted by Gasteiger charge is 2.33. The first-order valence-electron chi connectivity index (χ1n) is 6.23. The Hall–Kier alpha value is -1.89. The molecule has 0 spiro atoms. The SMILES string of the molecule is COCCN1CC(C(=O)NCc2ncc[nH]2)CC1=O. The van der Waals surface area contributed by atoms with Crippen molar-refractivity contribution in [1.29, 1.82) is 0 Å². The van der Waals surface area contributed by atoms with E-state index in [0.29, 0.717) is 32.1 Å². The third kappa shape index (κ3) is 3.54. The summed E-state index contributed by atoms with van der Waals surface area (Å²) in [4.78, 5) is 32.2. The summed E-state index contributed by atoms with van der Waals surface area (Å²) in [7, 11) is 1.59. The zero-order valence-electron chi connectivity index (χ0n) is 10.9. The fourth-order valence-corrected chi connectivity index (χ4v) is 2.08. The van der Waals surface area contributed by atoms with E-state index in [1.807, 2.05) is 0 Å². The number of rotatable bonds is 6. The number of nitrogens with zero attached hydrogens (tertiary/aromatic N) is 2. The van der Waals surface area contributed by atoms with Gasteiger partial charge < -0.3 is 19.9 Å². The van der Waals surface area contributed by atoms with Crippen LogP contribution in [-0.4, -0.2) is 53.5 Å². The summed E-state index contributed by atoms with van der Waals surface area (Å²) in [6, 6.07) is 0. The molecule has 0 bridgehead atoms. The Kier molecular flexibility index (Phi) is 4.51. The highest BCUT2D eigenvalue weighted by molar-refractivity contribution is 5.89. The Morgan fingerprint density at radius 2 is 2.53 bits per heavy atom. The highest BCUT2D eigenvalue weighted by atomic mass is 16.5. The summed E-state index contributed by atoms with van der Waals surface area (Å²) >= 11 is 0. The predicted molar refractivity (Wildman–Crippen MR) is 67.0 cm³/mol. The van der Waals surface area contributed by atoms with Gasteiger partial charge in [-0.3, -0.25) is 9.59 Å². The first-order valence-corrected chi connectivity index (χ1v) is 6.23. The molecule has 0 radical (unpaired) electrons. The molecule has 1 unspecified atom stereocenters. The minimum atomic E-state index is -0.278. The van der Waals surface area contributed by atoms with E-state index in [-0.39, 0.29) is 24.2 Å². The lowest BCUT2D eigenvalue weighted by Crippen LogP contribution is -2.33. The standard InChI is InChI=1S/C12H18N4O3/c1-19-5-4-16-8-9(6-11(16)17)12(18)15-7-10-13-2-3-14-10/h2-3,9H,4-8H2,1H3,(H,13,14)(H,15,18). The van der Waals surface area contributed by atoms with Crippen molar-refractivity contribution in [2.45, 2.75) is 13.0 Å². The van der Waals surface area contributed by atoms with Crippen molar-refractivity contribution in [1.82, 2.24) is 20.2 Å². The molecule has 7 heteroatoms. The zero-order chi connectivity index (χ0) is 13.7. The van der Waals surface area contributed by atoms with Gasteiger partial charge in [0.05, 0.1) is 19.1 Å². The van der Waals surface area contributed by atoms with Gasteiger partial charge in [-0.05, 0) is 0 Å². The van der Waals surface area contributed by atoms with E-state index in [4.69, 9.17) is 4.74 Å². The molecule has 1 saturated heterocycles. The van der Waals surface area contributed by atoms with Gasteiger partial charge in [-0.2, -0.15) is 0 Å². The van der Waals surface area contributed by atoms with E-state index in [1.165, 1.54) is 0 Å². The predicted octanol–water partition coefficient (Wildman–Crippen LogP) is -0.479. The molecule has 2 heterocycles. The molecule has 1 aromatic heterocycles. The van der Waals surface area contributed by atoms with Crippen LogP contribution in [0, 0.1) is 5.92 Å². The van der Waals surface area contributed by atoms with Crippen molar-refractivity contribution in [3.05, 3.63) is 18.2 Å². The number of carbonyl (C=O) groups is 2. The van der Waals surface area contributed by atoms with Crippen LogP contribution in [0.4, 0.5) is 0 Å². The average molecular weight is 266 g/mol. The number of ether oxygens (including phenoxy) is 1. The zero-order valence-corrected chi connectivity index (χ0v) is 10.9. The molecule has 1 aliphatic rings. The van der Waals surface area contributed by atoms with Crippen molar-refractivity contribution in [3.63, 3.8) is 0 Å². The van der Waals surface area contributed by atoms with Crippen molar-refractivity contribution in [2.75, 3.05) is 26.8 Å². The Bertz CT molecular complexity index is 432. The van der Waals surface area contributed by atoms with E-state index in [0.717, 1.165) is 0 Å². The van der Waals surface area contributed by atoms with Gasteiger partial charge in [0.15, 0.2) is 0 Å². The van der Waals surface area contributed by atoms with Crippen LogP contribution in [0.2, 0.25) is 0 Å². The lowest BCUT2D eigenvalue weighted by molar-refractivity contribution is -0.129. The van der Waals surface area contributed by atoms with Crippen LogP contribution in [0.1, 0.15) is 12.2 Å². The van der Waals surface area contributed by atoms with Crippen molar-refractivity contribution >= 4 is 11.8 Å². The second kappa shape index (κ2) is 6.33. The molecule has 19 heavy (non-hydrogen) atoms. The van der Waals surface area contributed by atoms with Gasteiger partial charge in [0.1, 0.15) is 5.82 Å². The molecule has 1 aliphatic heterocycles. The fourth-order valence-electron chi connectivity index (χ4n) is 2.08. The molecule has 7 nitrogen and oxygen atoms in total. The minimum absolute atomic E-state index is 0.00944. The van der Waals surface area contributed by atoms with Crippen LogP contribution in [0.3, 0.4) is 0 Å². The number of hydrogen-bond acceptors (Lipinski definition) is 4. The van der Waals surface area contributed by atoms with Gasteiger partial charge in [0, 0.05) is 39.0 Å². The van der Waals surface area contributed by atoms with Crippen LogP contribution >= 0.6 is 0 Å². The number of carbonyl (C=O) groups excluding carboxylic acids is 2. The number of aromatic amines is 1. The maximum Gasteiger partial charge on any atom is 0.225 e. The van der Waals surface area contributed by atoms with Crippen molar-refractivity contribution in [3.8, 4) is 0 Å². The summed E-state index contributed by atoms with van der Waals surface area (Å²) < 4.78 is 4.94. The van der Waals surface area contributed by atoms with Gasteiger partial charge in [0.25, 0.3) is 0 Å². The maximum absolute atomic E-state index is 11.9. The summed E-state index contributed by atoms with van der Waals surface area (Å²) in [6.45, 7) is 1.85. The highest BCUT2D eigenvalue weighted by Crippen LogP contribution is 2.17. The van der Waals surface area contributed by atoms with E-state index in [1.54, 1.807) is 24.4 Å². The number of amides is 2. The van der Waals surface area contributed by atoms with E-state index in [9.17, 15) is 9.59 Å². The number of aromatic nitrogens is 2. The molecular weight excluding hydrogens is 248 g/mol. The molecule has 2 amide bonds. The maximum atomic E-state index is 11.9. The Labute approximate surface area is 111 Å². The smallest absolute Gasteiger partial charge is 0.225 e. The molecule has 0 saturated carbocycles. The molecule has 1 atom stereocenters. The third-order valence-corrected chi connectivity index (χ3v) is 3.14. The summed E-state index contributed by atoms with van der Waals surface area (Å²) in [5.74, 6) is 0.327. The van der Waals surface area contributed by atoms with Crippen molar-refractivity contribution in [2.24, 2.45) is 5.92 Å². The molecule has 2 rings (SSSR count). The Balaban J connectivity index is 1.79. The van der Waals surface area contributed by atoms with Gasteiger partial charge in [0.2, 0.25) is 11.8 Å². The lowest BCUT2D eigenvalue weighted by atomic mass is 10.1. The van der Waals surface area contributed by atoms with Crippen LogP contribution in [0.15, 0.2) is 12.4 Å². The quantitative estimate of drug-likeness (QED) is 0.728. The van der Waals surface area contributed by atoms with E-state index in [2.05, 4.69) is 15.3 Å². The molecular formula is C12H18N4O3.